The molecule has 0 heterocycles. The molecular weight excluding hydrogens is 176 g/mol. The Balaban J connectivity index is 0. The van der Waals surface area contributed by atoms with Crippen LogP contribution in [-0.4, -0.2) is 55.9 Å². The van der Waals surface area contributed by atoms with Gasteiger partial charge in [0.25, 0.3) is 0 Å². The summed E-state index contributed by atoms with van der Waals surface area (Å²) in [5.74, 6) is 0. The van der Waals surface area contributed by atoms with Gasteiger partial charge in [0.15, 0.2) is 0 Å². The fourth-order valence-electron chi connectivity index (χ4n) is 0. The van der Waals surface area contributed by atoms with Crippen molar-refractivity contribution in [2.24, 2.45) is 0 Å². The molecule has 0 aliphatic rings. The first-order valence-corrected chi connectivity index (χ1v) is 0. The van der Waals surface area contributed by atoms with Crippen molar-refractivity contribution in [3.8, 4) is 0 Å². The van der Waals surface area contributed by atoms with Crippen LogP contribution in [0.15, 0.2) is 0 Å². The van der Waals surface area contributed by atoms with Crippen molar-refractivity contribution in [2.45, 2.75) is 0 Å². The van der Waals surface area contributed by atoms with Gasteiger partial charge in [-0.1, -0.05) is 0 Å². The zero-order valence-corrected chi connectivity index (χ0v) is 6.58. The SMILES string of the molecule is O.O.O.O.O.O.[Fe].[H-].[H-].[Mg+2]. The molecule has 8 heteroatoms. The monoisotopic (exact) mass is 190 g/mol. The molecule has 60 valence electrons. The van der Waals surface area contributed by atoms with Crippen LogP contribution in [0.1, 0.15) is 2.85 Å². The largest absolute Gasteiger partial charge is 2.00 e. The van der Waals surface area contributed by atoms with E-state index in [1.807, 2.05) is 0 Å². The van der Waals surface area contributed by atoms with Gasteiger partial charge in [0, 0.05) is 17.1 Å². The van der Waals surface area contributed by atoms with Crippen molar-refractivity contribution in [3.05, 3.63) is 0 Å². The zero-order chi connectivity index (χ0) is 0. The Morgan fingerprint density at radius 2 is 0.500 bits per heavy atom. The van der Waals surface area contributed by atoms with Gasteiger partial charge in [0.1, 0.15) is 0 Å². The molecule has 0 aromatic carbocycles. The standard InChI is InChI=1S/Fe.Mg.6H2O.2H/h;;6*1H2;;/q;+2;;;;;;;2*-1. The van der Waals surface area contributed by atoms with E-state index in [9.17, 15) is 0 Å². The molecule has 0 rings (SSSR count). The van der Waals surface area contributed by atoms with Crippen molar-refractivity contribution >= 4 is 23.1 Å². The Bertz CT molecular complexity index is 15.7. The van der Waals surface area contributed by atoms with Crippen molar-refractivity contribution < 1.29 is 52.8 Å². The molecule has 6 nitrogen and oxygen atoms in total. The Morgan fingerprint density at radius 3 is 0.500 bits per heavy atom. The van der Waals surface area contributed by atoms with E-state index in [2.05, 4.69) is 0 Å². The summed E-state index contributed by atoms with van der Waals surface area (Å²) in [6, 6.07) is 0. The zero-order valence-electron chi connectivity index (χ0n) is 6.06. The second-order valence-electron chi connectivity index (χ2n) is 0. The second kappa shape index (κ2) is 365. The second-order valence-corrected chi connectivity index (χ2v) is 0. The topological polar surface area (TPSA) is 189 Å². The van der Waals surface area contributed by atoms with E-state index in [1.165, 1.54) is 0 Å². The number of rotatable bonds is 0. The molecule has 0 aliphatic heterocycles. The first-order valence-electron chi connectivity index (χ1n) is 0. The average molecular weight is 190 g/mol. The van der Waals surface area contributed by atoms with E-state index in [1.54, 1.807) is 0 Å². The van der Waals surface area contributed by atoms with Crippen LogP contribution < -0.4 is 0 Å². The fourth-order valence-corrected chi connectivity index (χ4v) is 0. The molecule has 0 aromatic heterocycles. The van der Waals surface area contributed by atoms with E-state index < -0.39 is 0 Å². The molecule has 0 aliphatic carbocycles. The van der Waals surface area contributed by atoms with Crippen LogP contribution in [0.5, 0.6) is 0 Å². The third kappa shape index (κ3) is 236. The molecule has 0 fully saturated rings. The quantitative estimate of drug-likeness (QED) is 0.330. The molecule has 0 spiro atoms. The molecule has 0 radical (unpaired) electrons. The first-order chi connectivity index (χ1) is 0. The van der Waals surface area contributed by atoms with Crippen molar-refractivity contribution in [1.82, 2.24) is 0 Å². The minimum absolute atomic E-state index is 0. The Hall–Kier alpha value is 1.05. The summed E-state index contributed by atoms with van der Waals surface area (Å²) in [6.45, 7) is 0. The van der Waals surface area contributed by atoms with Crippen molar-refractivity contribution in [1.29, 1.82) is 0 Å². The number of hydrogen-bond donors (Lipinski definition) is 0. The van der Waals surface area contributed by atoms with Gasteiger partial charge >= 0.3 is 23.1 Å². The van der Waals surface area contributed by atoms with Crippen LogP contribution in [0.25, 0.3) is 0 Å². The maximum absolute atomic E-state index is 0. The van der Waals surface area contributed by atoms with Gasteiger partial charge in [-0.05, 0) is 0 Å². The van der Waals surface area contributed by atoms with E-state index in [4.69, 9.17) is 0 Å². The Labute approximate surface area is 76.1 Å². The Morgan fingerprint density at radius 1 is 0.500 bits per heavy atom. The van der Waals surface area contributed by atoms with Gasteiger partial charge in [-0.25, -0.2) is 0 Å². The summed E-state index contributed by atoms with van der Waals surface area (Å²) in [5, 5.41) is 0. The van der Waals surface area contributed by atoms with Gasteiger partial charge in [-0.3, -0.25) is 0 Å². The third-order valence-electron chi connectivity index (χ3n) is 0. The minimum atomic E-state index is 0. The van der Waals surface area contributed by atoms with Crippen molar-refractivity contribution in [2.75, 3.05) is 0 Å². The molecule has 0 atom stereocenters. The summed E-state index contributed by atoms with van der Waals surface area (Å²) in [6.07, 6.45) is 0. The molecule has 0 bridgehead atoms. The van der Waals surface area contributed by atoms with Crippen LogP contribution in [0.4, 0.5) is 0 Å². The maximum atomic E-state index is 0. The predicted molar refractivity (Wildman–Crippen MR) is 29.7 cm³/mol. The van der Waals surface area contributed by atoms with E-state index in [-0.39, 0.29) is 75.8 Å². The van der Waals surface area contributed by atoms with Crippen molar-refractivity contribution in [3.63, 3.8) is 0 Å². The summed E-state index contributed by atoms with van der Waals surface area (Å²) < 4.78 is 0. The number of hydrogen-bond acceptors (Lipinski definition) is 0. The van der Waals surface area contributed by atoms with Crippen LogP contribution in [0.3, 0.4) is 0 Å². The molecular formula is H14FeMgO6. The molecule has 0 saturated heterocycles. The average Bonchev–Trinajstić information content (AvgIpc) is 0. The van der Waals surface area contributed by atoms with Gasteiger partial charge in [0.2, 0.25) is 0 Å². The molecule has 0 aromatic rings. The van der Waals surface area contributed by atoms with Crippen LogP contribution in [-0.2, 0) is 17.1 Å². The summed E-state index contributed by atoms with van der Waals surface area (Å²) in [5.41, 5.74) is 0. The van der Waals surface area contributed by atoms with Gasteiger partial charge in [0.05, 0.1) is 0 Å². The molecule has 0 amide bonds. The van der Waals surface area contributed by atoms with E-state index >= 15 is 0 Å². The van der Waals surface area contributed by atoms with Gasteiger partial charge < -0.3 is 35.7 Å². The normalized spacial score (nSPS) is 0. The maximum Gasteiger partial charge on any atom is 2.00 e. The molecule has 0 unspecified atom stereocenters. The fraction of sp³-hybridized carbons (Fsp3) is 0. The predicted octanol–water partition coefficient (Wildman–Crippen LogP) is -5.11. The molecule has 0 saturated carbocycles. The summed E-state index contributed by atoms with van der Waals surface area (Å²) in [4.78, 5) is 0. The third-order valence-corrected chi connectivity index (χ3v) is 0. The summed E-state index contributed by atoms with van der Waals surface area (Å²) >= 11 is 0. The molecule has 12 N–H and O–H groups in total. The van der Waals surface area contributed by atoms with E-state index in [0.717, 1.165) is 0 Å². The van der Waals surface area contributed by atoms with Crippen LogP contribution >= 0.6 is 0 Å². The van der Waals surface area contributed by atoms with Gasteiger partial charge in [-0.15, -0.1) is 0 Å². The first kappa shape index (κ1) is 535. The minimum Gasteiger partial charge on any atom is -1.00 e. The van der Waals surface area contributed by atoms with E-state index in [0.29, 0.717) is 0 Å². The summed E-state index contributed by atoms with van der Waals surface area (Å²) in [7, 11) is 0. The Kier molecular flexibility index (Phi) is 24400. The molecule has 8 heavy (non-hydrogen) atoms. The van der Waals surface area contributed by atoms with Crippen LogP contribution in [0, 0.1) is 0 Å². The smallest absolute Gasteiger partial charge is 1.00 e. The van der Waals surface area contributed by atoms with Gasteiger partial charge in [-0.2, -0.15) is 0 Å². The van der Waals surface area contributed by atoms with Crippen LogP contribution in [0.2, 0.25) is 0 Å².